The van der Waals surface area contributed by atoms with Crippen LogP contribution in [0.5, 0.6) is 0 Å². The molecule has 0 aromatic heterocycles. The quantitative estimate of drug-likeness (QED) is 0.281. The van der Waals surface area contributed by atoms with Gasteiger partial charge in [-0.2, -0.15) is 11.8 Å². The lowest BCUT2D eigenvalue weighted by molar-refractivity contribution is -0.114. The summed E-state index contributed by atoms with van der Waals surface area (Å²) >= 11 is 5.36. The second-order valence-corrected chi connectivity index (χ2v) is 8.27. The minimum absolute atomic E-state index is 0. The van der Waals surface area contributed by atoms with Crippen molar-refractivity contribution in [1.82, 2.24) is 10.6 Å². The van der Waals surface area contributed by atoms with Crippen LogP contribution in [0.1, 0.15) is 31.7 Å². The van der Waals surface area contributed by atoms with E-state index in [-0.39, 0.29) is 36.4 Å². The molecule has 2 atom stereocenters. The molecule has 0 radical (unpaired) electrons. The van der Waals surface area contributed by atoms with Gasteiger partial charge in [-0.25, -0.2) is 4.99 Å². The molecule has 26 heavy (non-hydrogen) atoms. The highest BCUT2D eigenvalue weighted by atomic mass is 127. The predicted molar refractivity (Wildman–Crippen MR) is 127 cm³/mol. The zero-order valence-electron chi connectivity index (χ0n) is 15.5. The van der Waals surface area contributed by atoms with Gasteiger partial charge in [0.05, 0.1) is 0 Å². The first-order valence-corrected chi connectivity index (χ1v) is 10.7. The Hall–Kier alpha value is -0.480. The molecule has 1 saturated carbocycles. The fourth-order valence-electron chi connectivity index (χ4n) is 2.87. The number of thioether (sulfide) groups is 1. The Kier molecular flexibility index (Phi) is 10.9. The molecule has 1 amide bonds. The van der Waals surface area contributed by atoms with Crippen molar-refractivity contribution >= 4 is 69.2 Å². The number of carbonyl (C=O) groups excluding carboxylic acids is 1. The van der Waals surface area contributed by atoms with Gasteiger partial charge < -0.3 is 16.0 Å². The van der Waals surface area contributed by atoms with Crippen LogP contribution in [-0.4, -0.2) is 42.5 Å². The average molecular weight is 555 g/mol. The van der Waals surface area contributed by atoms with Gasteiger partial charge in [-0.1, -0.05) is 22.0 Å². The van der Waals surface area contributed by atoms with Crippen molar-refractivity contribution in [2.24, 2.45) is 4.99 Å². The number of anilines is 1. The Labute approximate surface area is 186 Å². The fourth-order valence-corrected chi connectivity index (χ4v) is 4.03. The van der Waals surface area contributed by atoms with Crippen LogP contribution < -0.4 is 16.0 Å². The summed E-state index contributed by atoms with van der Waals surface area (Å²) in [6.07, 6.45) is 5.70. The molecule has 1 fully saturated rings. The molecule has 0 heterocycles. The minimum atomic E-state index is -0.119. The zero-order valence-corrected chi connectivity index (χ0v) is 20.2. The van der Waals surface area contributed by atoms with Crippen LogP contribution in [0.3, 0.4) is 0 Å². The predicted octanol–water partition coefficient (Wildman–Crippen LogP) is 4.15. The van der Waals surface area contributed by atoms with Crippen LogP contribution in [-0.2, 0) is 4.79 Å². The van der Waals surface area contributed by atoms with Crippen molar-refractivity contribution in [3.8, 4) is 0 Å². The monoisotopic (exact) mass is 554 g/mol. The van der Waals surface area contributed by atoms with Gasteiger partial charge in [-0.15, -0.1) is 24.0 Å². The first kappa shape index (κ1) is 23.6. The lowest BCUT2D eigenvalue weighted by atomic mass is 10.2. The van der Waals surface area contributed by atoms with E-state index < -0.39 is 0 Å². The number of aliphatic imine (C=N–C) groups is 1. The summed E-state index contributed by atoms with van der Waals surface area (Å²) in [5, 5.41) is 10.3. The van der Waals surface area contributed by atoms with E-state index in [0.29, 0.717) is 6.04 Å². The van der Waals surface area contributed by atoms with Crippen LogP contribution in [0.15, 0.2) is 27.7 Å². The molecule has 0 aliphatic heterocycles. The summed E-state index contributed by atoms with van der Waals surface area (Å²) in [6, 6.07) is 6.27. The van der Waals surface area contributed by atoms with Crippen LogP contribution >= 0.6 is 51.7 Å². The smallest absolute Gasteiger partial charge is 0.246 e. The Morgan fingerprint density at radius 1 is 1.38 bits per heavy atom. The van der Waals surface area contributed by atoms with Crippen molar-refractivity contribution in [3.63, 3.8) is 0 Å². The normalized spacial score (nSPS) is 19.6. The van der Waals surface area contributed by atoms with Crippen molar-refractivity contribution in [3.05, 3.63) is 28.2 Å². The van der Waals surface area contributed by atoms with Crippen LogP contribution in [0.2, 0.25) is 0 Å². The van der Waals surface area contributed by atoms with Crippen molar-refractivity contribution in [2.45, 2.75) is 44.4 Å². The van der Waals surface area contributed by atoms with Gasteiger partial charge in [0.1, 0.15) is 6.54 Å². The molecule has 0 bridgehead atoms. The van der Waals surface area contributed by atoms with E-state index in [1.54, 1.807) is 0 Å². The van der Waals surface area contributed by atoms with Crippen LogP contribution in [0.4, 0.5) is 5.69 Å². The maximum atomic E-state index is 12.2. The second kappa shape index (κ2) is 12.1. The molecule has 0 saturated heterocycles. The van der Waals surface area contributed by atoms with E-state index in [1.165, 1.54) is 6.42 Å². The number of rotatable bonds is 6. The number of hydrogen-bond donors (Lipinski definition) is 3. The van der Waals surface area contributed by atoms with E-state index in [9.17, 15) is 4.79 Å². The van der Waals surface area contributed by atoms with Crippen molar-refractivity contribution in [1.29, 1.82) is 0 Å². The van der Waals surface area contributed by atoms with E-state index in [2.05, 4.69) is 43.1 Å². The lowest BCUT2D eigenvalue weighted by Gasteiger charge is -2.17. The van der Waals surface area contributed by atoms with Gasteiger partial charge in [-0.3, -0.25) is 4.79 Å². The van der Waals surface area contributed by atoms with E-state index >= 15 is 0 Å². The van der Waals surface area contributed by atoms with E-state index in [0.717, 1.165) is 46.3 Å². The van der Waals surface area contributed by atoms with E-state index in [4.69, 9.17) is 0 Å². The largest absolute Gasteiger partial charge is 0.357 e. The molecule has 1 aliphatic carbocycles. The molecule has 8 heteroatoms. The van der Waals surface area contributed by atoms with E-state index in [1.807, 2.05) is 43.8 Å². The summed E-state index contributed by atoms with van der Waals surface area (Å²) in [5.74, 6) is 0.599. The molecule has 0 spiro atoms. The van der Waals surface area contributed by atoms with Gasteiger partial charge in [-0.05, 0) is 57.1 Å². The maximum absolute atomic E-state index is 12.2. The third-order valence-electron chi connectivity index (χ3n) is 4.26. The Balaban J connectivity index is 0.00000338. The highest BCUT2D eigenvalue weighted by molar-refractivity contribution is 14.0. The molecule has 1 aromatic rings. The summed E-state index contributed by atoms with van der Waals surface area (Å²) < 4.78 is 0.941. The number of hydrogen-bond acceptors (Lipinski definition) is 3. The fraction of sp³-hybridized carbons (Fsp3) is 0.556. The number of nitrogens with zero attached hydrogens (tertiary/aromatic N) is 1. The molecule has 1 aromatic carbocycles. The second-order valence-electron chi connectivity index (χ2n) is 6.21. The lowest BCUT2D eigenvalue weighted by Crippen LogP contribution is -2.43. The highest BCUT2D eigenvalue weighted by Gasteiger charge is 2.24. The van der Waals surface area contributed by atoms with Crippen LogP contribution in [0.25, 0.3) is 0 Å². The topological polar surface area (TPSA) is 65.5 Å². The Bertz CT molecular complexity index is 629. The Morgan fingerprint density at radius 2 is 2.15 bits per heavy atom. The molecule has 1 aliphatic rings. The standard InChI is InChI=1S/C18H27BrN4OS.HI/c1-4-20-18(22-14-7-8-15(10-14)25-3)21-11-17(24)23-16-9-13(19)6-5-12(16)2;/h5-6,9,14-15H,4,7-8,10-11H2,1-3H3,(H,23,24)(H2,20,21,22);1H. The average Bonchev–Trinajstić information content (AvgIpc) is 3.04. The molecular weight excluding hydrogens is 527 g/mol. The number of carbonyl (C=O) groups is 1. The van der Waals surface area contributed by atoms with Crippen molar-refractivity contribution < 1.29 is 4.79 Å². The van der Waals surface area contributed by atoms with Gasteiger partial charge in [0.25, 0.3) is 0 Å². The molecule has 3 N–H and O–H groups in total. The van der Waals surface area contributed by atoms with Gasteiger partial charge in [0, 0.05) is 28.0 Å². The molecule has 146 valence electrons. The number of nitrogens with one attached hydrogen (secondary N) is 3. The molecular formula is C18H28BrIN4OS. The Morgan fingerprint density at radius 3 is 2.81 bits per heavy atom. The van der Waals surface area contributed by atoms with Gasteiger partial charge in [0.2, 0.25) is 5.91 Å². The number of amides is 1. The van der Waals surface area contributed by atoms with Gasteiger partial charge >= 0.3 is 0 Å². The molecule has 2 unspecified atom stereocenters. The number of benzene rings is 1. The van der Waals surface area contributed by atoms with Gasteiger partial charge in [0.15, 0.2) is 5.96 Å². The summed E-state index contributed by atoms with van der Waals surface area (Å²) in [6.45, 7) is 4.87. The van der Waals surface area contributed by atoms with Crippen molar-refractivity contribution in [2.75, 3.05) is 24.7 Å². The third-order valence-corrected chi connectivity index (χ3v) is 5.85. The molecule has 2 rings (SSSR count). The first-order chi connectivity index (χ1) is 12.0. The first-order valence-electron chi connectivity index (χ1n) is 8.65. The third kappa shape index (κ3) is 7.64. The summed E-state index contributed by atoms with van der Waals surface area (Å²) in [4.78, 5) is 16.7. The zero-order chi connectivity index (χ0) is 18.2. The summed E-state index contributed by atoms with van der Waals surface area (Å²) in [5.41, 5.74) is 1.84. The highest BCUT2D eigenvalue weighted by Crippen LogP contribution is 2.28. The number of guanidine groups is 1. The SMILES string of the molecule is CCNC(=NCC(=O)Nc1cc(Br)ccc1C)NC1CCC(SC)C1.I. The minimum Gasteiger partial charge on any atom is -0.357 e. The number of halogens is 2. The molecule has 5 nitrogen and oxygen atoms in total. The summed E-state index contributed by atoms with van der Waals surface area (Å²) in [7, 11) is 0. The number of aryl methyl sites for hydroxylation is 1. The van der Waals surface area contributed by atoms with Crippen LogP contribution in [0, 0.1) is 6.92 Å². The maximum Gasteiger partial charge on any atom is 0.246 e.